The molecule has 218 valence electrons. The Morgan fingerprint density at radius 3 is 2.23 bits per heavy atom. The normalized spacial score (nSPS) is 13.9. The first kappa shape index (κ1) is 28.2. The maximum atomic E-state index is 13.2. The van der Waals surface area contributed by atoms with E-state index in [1.54, 1.807) is 25.3 Å². The lowest BCUT2D eigenvalue weighted by Crippen LogP contribution is -2.23. The third-order valence-electron chi connectivity index (χ3n) is 7.73. The fraction of sp³-hybridized carbons (Fsp3) is 0.206. The number of carbonyl (C=O) groups is 1. The smallest absolute Gasteiger partial charge is 0.416 e. The molecule has 6 nitrogen and oxygen atoms in total. The first-order valence-electron chi connectivity index (χ1n) is 13.9. The lowest BCUT2D eigenvalue weighted by molar-refractivity contribution is -0.146. The van der Waals surface area contributed by atoms with Crippen molar-refractivity contribution in [3.8, 4) is 33.6 Å². The zero-order valence-electron chi connectivity index (χ0n) is 23.5. The second-order valence-corrected chi connectivity index (χ2v) is 10.6. The summed E-state index contributed by atoms with van der Waals surface area (Å²) >= 11 is 0. The number of esters is 1. The standard InChI is InChI=1S/C34H28F3N3O3/c1-3-42-32(41)33(15-16-33)27-13-11-23(12-14-27)22-7-9-24(10-8-22)31-30(21(2)40-43-31)39-29-18-26(19-38-20-29)25-5-4-6-28(17-25)34(35,36)37/h4-14,17-20,39H,3,15-16H2,1-2H3. The van der Waals surface area contributed by atoms with Gasteiger partial charge in [0.25, 0.3) is 0 Å². The molecule has 9 heteroatoms. The van der Waals surface area contributed by atoms with Crippen LogP contribution in [0.1, 0.15) is 36.6 Å². The van der Waals surface area contributed by atoms with Gasteiger partial charge in [0.05, 0.1) is 29.5 Å². The first-order chi connectivity index (χ1) is 20.7. The van der Waals surface area contributed by atoms with E-state index < -0.39 is 17.2 Å². The molecule has 0 amide bonds. The van der Waals surface area contributed by atoms with Gasteiger partial charge in [-0.2, -0.15) is 13.2 Å². The SMILES string of the molecule is CCOC(=O)C1(c2ccc(-c3ccc(-c4onc(C)c4Nc4cncc(-c5cccc(C(F)(F)F)c5)c4)cc3)cc2)CC1. The largest absolute Gasteiger partial charge is 0.465 e. The second-order valence-electron chi connectivity index (χ2n) is 10.6. The van der Waals surface area contributed by atoms with Gasteiger partial charge in [0.15, 0.2) is 5.76 Å². The Balaban J connectivity index is 1.21. The molecule has 1 N–H and O–H groups in total. The van der Waals surface area contributed by atoms with Crippen LogP contribution in [0.2, 0.25) is 0 Å². The molecule has 5 aromatic rings. The molecule has 1 fully saturated rings. The highest BCUT2D eigenvalue weighted by atomic mass is 19.4. The average Bonchev–Trinajstić information content (AvgIpc) is 3.76. The quantitative estimate of drug-likeness (QED) is 0.184. The fourth-order valence-electron chi connectivity index (χ4n) is 5.20. The Labute approximate surface area is 246 Å². The molecule has 0 unspecified atom stereocenters. The number of rotatable bonds is 8. The maximum absolute atomic E-state index is 13.2. The predicted molar refractivity (Wildman–Crippen MR) is 158 cm³/mol. The van der Waals surface area contributed by atoms with E-state index in [4.69, 9.17) is 9.26 Å². The molecule has 0 atom stereocenters. The average molecular weight is 584 g/mol. The summed E-state index contributed by atoms with van der Waals surface area (Å²) in [4.78, 5) is 16.7. The van der Waals surface area contributed by atoms with Gasteiger partial charge in [0.1, 0.15) is 11.4 Å². The van der Waals surface area contributed by atoms with Crippen molar-refractivity contribution in [3.05, 3.63) is 108 Å². The highest BCUT2D eigenvalue weighted by molar-refractivity contribution is 5.87. The van der Waals surface area contributed by atoms with Crippen LogP contribution >= 0.6 is 0 Å². The number of halogens is 3. The van der Waals surface area contributed by atoms with Crippen LogP contribution in [0, 0.1) is 6.92 Å². The maximum Gasteiger partial charge on any atom is 0.416 e. The summed E-state index contributed by atoms with van der Waals surface area (Å²) in [5, 5.41) is 7.42. The summed E-state index contributed by atoms with van der Waals surface area (Å²) in [5.41, 5.74) is 5.34. The Kier molecular flexibility index (Phi) is 7.25. The summed E-state index contributed by atoms with van der Waals surface area (Å²) < 4.78 is 50.7. The molecule has 0 radical (unpaired) electrons. The van der Waals surface area contributed by atoms with Crippen LogP contribution in [0.3, 0.4) is 0 Å². The van der Waals surface area contributed by atoms with E-state index in [0.29, 0.717) is 40.6 Å². The van der Waals surface area contributed by atoms with E-state index in [-0.39, 0.29) is 5.97 Å². The molecule has 2 aromatic heterocycles. The van der Waals surface area contributed by atoms with E-state index >= 15 is 0 Å². The Bertz CT molecular complexity index is 1770. The number of alkyl halides is 3. The lowest BCUT2D eigenvalue weighted by Gasteiger charge is -2.14. The lowest BCUT2D eigenvalue weighted by atomic mass is 9.93. The van der Waals surface area contributed by atoms with Crippen molar-refractivity contribution in [2.75, 3.05) is 11.9 Å². The molecule has 2 heterocycles. The molecule has 6 rings (SSSR count). The number of nitrogens with zero attached hydrogens (tertiary/aromatic N) is 2. The van der Waals surface area contributed by atoms with E-state index in [1.807, 2.05) is 55.5 Å². The molecule has 1 aliphatic carbocycles. The highest BCUT2D eigenvalue weighted by Gasteiger charge is 2.52. The van der Waals surface area contributed by atoms with Gasteiger partial charge >= 0.3 is 12.1 Å². The third kappa shape index (κ3) is 5.62. The summed E-state index contributed by atoms with van der Waals surface area (Å²) in [5.74, 6) is 0.367. The van der Waals surface area contributed by atoms with Gasteiger partial charge in [-0.15, -0.1) is 0 Å². The van der Waals surface area contributed by atoms with Gasteiger partial charge in [0, 0.05) is 17.3 Å². The second kappa shape index (κ2) is 11.1. The van der Waals surface area contributed by atoms with Gasteiger partial charge in [-0.3, -0.25) is 9.78 Å². The zero-order chi connectivity index (χ0) is 30.2. The van der Waals surface area contributed by atoms with E-state index in [9.17, 15) is 18.0 Å². The van der Waals surface area contributed by atoms with Crippen LogP contribution in [-0.2, 0) is 21.1 Å². The van der Waals surface area contributed by atoms with Gasteiger partial charge in [-0.05, 0) is 67.1 Å². The number of anilines is 2. The minimum atomic E-state index is -4.43. The number of hydrogen-bond acceptors (Lipinski definition) is 6. The number of carbonyl (C=O) groups excluding carboxylic acids is 1. The summed E-state index contributed by atoms with van der Waals surface area (Å²) in [7, 11) is 0. The highest BCUT2D eigenvalue weighted by Crippen LogP contribution is 2.49. The van der Waals surface area contributed by atoms with Crippen LogP contribution in [-0.4, -0.2) is 22.7 Å². The topological polar surface area (TPSA) is 77.2 Å². The number of nitrogens with one attached hydrogen (secondary N) is 1. The van der Waals surface area contributed by atoms with Crippen molar-refractivity contribution < 1.29 is 27.2 Å². The van der Waals surface area contributed by atoms with Crippen molar-refractivity contribution in [2.45, 2.75) is 38.3 Å². The number of aryl methyl sites for hydroxylation is 1. The van der Waals surface area contributed by atoms with Crippen molar-refractivity contribution in [2.24, 2.45) is 0 Å². The number of ether oxygens (including phenoxy) is 1. The predicted octanol–water partition coefficient (Wildman–Crippen LogP) is 8.74. The van der Waals surface area contributed by atoms with Crippen LogP contribution < -0.4 is 5.32 Å². The first-order valence-corrected chi connectivity index (χ1v) is 13.9. The molecule has 0 aliphatic heterocycles. The summed E-state index contributed by atoms with van der Waals surface area (Å²) in [6, 6.07) is 22.7. The molecule has 0 bridgehead atoms. The van der Waals surface area contributed by atoms with Crippen molar-refractivity contribution in [1.29, 1.82) is 0 Å². The number of hydrogen-bond donors (Lipinski definition) is 1. The molecule has 43 heavy (non-hydrogen) atoms. The molecule has 3 aromatic carbocycles. The molecule has 0 spiro atoms. The Morgan fingerprint density at radius 1 is 0.907 bits per heavy atom. The minimum absolute atomic E-state index is 0.156. The van der Waals surface area contributed by atoms with Crippen molar-refractivity contribution in [3.63, 3.8) is 0 Å². The molecular weight excluding hydrogens is 555 g/mol. The summed E-state index contributed by atoms with van der Waals surface area (Å²) in [6.45, 7) is 3.99. The molecule has 1 aliphatic rings. The fourth-order valence-corrected chi connectivity index (χ4v) is 5.20. The van der Waals surface area contributed by atoms with Crippen molar-refractivity contribution in [1.82, 2.24) is 10.1 Å². The van der Waals surface area contributed by atoms with Crippen LogP contribution in [0.4, 0.5) is 24.5 Å². The summed E-state index contributed by atoms with van der Waals surface area (Å²) in [6.07, 6.45) is 0.287. The number of benzene rings is 3. The van der Waals surface area contributed by atoms with Crippen LogP contribution in [0.5, 0.6) is 0 Å². The monoisotopic (exact) mass is 583 g/mol. The number of aromatic nitrogens is 2. The van der Waals surface area contributed by atoms with Crippen LogP contribution in [0.15, 0.2) is 95.8 Å². The molecule has 1 saturated carbocycles. The van der Waals surface area contributed by atoms with Gasteiger partial charge in [-0.25, -0.2) is 0 Å². The van der Waals surface area contributed by atoms with E-state index in [1.165, 1.54) is 12.3 Å². The number of pyridine rings is 1. The molecular formula is C34H28F3N3O3. The Morgan fingerprint density at radius 2 is 1.58 bits per heavy atom. The van der Waals surface area contributed by atoms with Gasteiger partial charge in [-0.1, -0.05) is 65.8 Å². The van der Waals surface area contributed by atoms with Gasteiger partial charge in [0.2, 0.25) is 0 Å². The van der Waals surface area contributed by atoms with E-state index in [2.05, 4.69) is 15.5 Å². The van der Waals surface area contributed by atoms with E-state index in [0.717, 1.165) is 47.2 Å². The van der Waals surface area contributed by atoms with Crippen LogP contribution in [0.25, 0.3) is 33.6 Å². The Hall–Kier alpha value is -4.92. The third-order valence-corrected chi connectivity index (χ3v) is 7.73. The van der Waals surface area contributed by atoms with Gasteiger partial charge < -0.3 is 14.6 Å². The minimum Gasteiger partial charge on any atom is -0.465 e. The van der Waals surface area contributed by atoms with Crippen molar-refractivity contribution >= 4 is 17.3 Å². The molecule has 0 saturated heterocycles. The zero-order valence-corrected chi connectivity index (χ0v) is 23.5.